The number of fused-ring (bicyclic) bond motifs is 1. The third-order valence-corrected chi connectivity index (χ3v) is 4.29. The summed E-state index contributed by atoms with van der Waals surface area (Å²) >= 11 is 0. The molecule has 2 atom stereocenters. The predicted molar refractivity (Wildman–Crippen MR) is 93.5 cm³/mol. The Bertz CT molecular complexity index is 702. The molecule has 23 heavy (non-hydrogen) atoms. The Morgan fingerprint density at radius 1 is 1.04 bits per heavy atom. The summed E-state index contributed by atoms with van der Waals surface area (Å²) < 4.78 is 5.92. The number of nitrogens with one attached hydrogen (secondary N) is 1. The maximum Gasteiger partial charge on any atom is 0.134 e. The topological polar surface area (TPSA) is 45.4 Å². The van der Waals surface area contributed by atoms with Gasteiger partial charge in [0.05, 0.1) is 6.04 Å². The molecule has 2 unspecified atom stereocenters. The standard InChI is InChI=1S/C20H23NO2/c1-15(20-13-17-9-5-6-10-19(17)23-20)21-14-18(11-12-22)16-7-3-2-4-8-16/h2-10,13,15,18,21-22H,11-12,14H2,1H3. The Morgan fingerprint density at radius 3 is 2.52 bits per heavy atom. The molecule has 0 aliphatic carbocycles. The second-order valence-electron chi connectivity index (χ2n) is 5.94. The van der Waals surface area contributed by atoms with E-state index in [1.807, 2.05) is 36.4 Å². The van der Waals surface area contributed by atoms with E-state index in [1.54, 1.807) is 0 Å². The first-order valence-corrected chi connectivity index (χ1v) is 8.15. The molecule has 3 nitrogen and oxygen atoms in total. The lowest BCUT2D eigenvalue weighted by atomic mass is 9.95. The molecule has 2 N–H and O–H groups in total. The van der Waals surface area contributed by atoms with Gasteiger partial charge in [-0.15, -0.1) is 0 Å². The maximum absolute atomic E-state index is 9.33. The zero-order valence-electron chi connectivity index (χ0n) is 13.4. The summed E-state index contributed by atoms with van der Waals surface area (Å²) in [5.74, 6) is 1.25. The van der Waals surface area contributed by atoms with Gasteiger partial charge in [0.2, 0.25) is 0 Å². The van der Waals surface area contributed by atoms with E-state index >= 15 is 0 Å². The van der Waals surface area contributed by atoms with E-state index < -0.39 is 0 Å². The van der Waals surface area contributed by atoms with Crippen LogP contribution in [-0.2, 0) is 0 Å². The fourth-order valence-corrected chi connectivity index (χ4v) is 2.90. The molecule has 3 aromatic rings. The largest absolute Gasteiger partial charge is 0.459 e. The van der Waals surface area contributed by atoms with Gasteiger partial charge in [-0.25, -0.2) is 0 Å². The first-order chi connectivity index (χ1) is 11.3. The van der Waals surface area contributed by atoms with Gasteiger partial charge in [-0.1, -0.05) is 48.5 Å². The van der Waals surface area contributed by atoms with E-state index in [2.05, 4.69) is 36.5 Å². The number of aliphatic hydroxyl groups is 1. The number of rotatable bonds is 7. The van der Waals surface area contributed by atoms with Crippen molar-refractivity contribution in [2.24, 2.45) is 0 Å². The molecule has 0 spiro atoms. The molecule has 0 amide bonds. The van der Waals surface area contributed by atoms with Crippen LogP contribution in [-0.4, -0.2) is 18.3 Å². The predicted octanol–water partition coefficient (Wildman–Crippen LogP) is 4.25. The van der Waals surface area contributed by atoms with Crippen LogP contribution < -0.4 is 5.32 Å². The van der Waals surface area contributed by atoms with Crippen molar-refractivity contribution in [2.75, 3.05) is 13.2 Å². The van der Waals surface area contributed by atoms with Crippen molar-refractivity contribution >= 4 is 11.0 Å². The van der Waals surface area contributed by atoms with Gasteiger partial charge in [-0.3, -0.25) is 0 Å². The Morgan fingerprint density at radius 2 is 1.78 bits per heavy atom. The summed E-state index contributed by atoms with van der Waals surface area (Å²) in [5.41, 5.74) is 2.18. The van der Waals surface area contributed by atoms with Gasteiger partial charge in [0.25, 0.3) is 0 Å². The van der Waals surface area contributed by atoms with Crippen LogP contribution in [0.4, 0.5) is 0 Å². The Kier molecular flexibility index (Phi) is 5.11. The van der Waals surface area contributed by atoms with E-state index in [1.165, 1.54) is 5.56 Å². The lowest BCUT2D eigenvalue weighted by Crippen LogP contribution is -2.25. The highest BCUT2D eigenvalue weighted by atomic mass is 16.3. The average molecular weight is 309 g/mol. The van der Waals surface area contributed by atoms with Gasteiger partial charge in [0.15, 0.2) is 0 Å². The molecule has 3 heteroatoms. The number of hydrogen-bond donors (Lipinski definition) is 2. The molecule has 120 valence electrons. The van der Waals surface area contributed by atoms with Crippen LogP contribution in [0, 0.1) is 0 Å². The molecular weight excluding hydrogens is 286 g/mol. The number of hydrogen-bond acceptors (Lipinski definition) is 3. The van der Waals surface area contributed by atoms with Crippen LogP contribution in [0.15, 0.2) is 65.1 Å². The molecule has 0 saturated heterocycles. The lowest BCUT2D eigenvalue weighted by molar-refractivity contribution is 0.271. The molecule has 0 radical (unpaired) electrons. The first kappa shape index (κ1) is 15.8. The highest BCUT2D eigenvalue weighted by Crippen LogP contribution is 2.25. The molecule has 0 aliphatic heterocycles. The van der Waals surface area contributed by atoms with E-state index in [0.29, 0.717) is 5.92 Å². The minimum Gasteiger partial charge on any atom is -0.459 e. The fourth-order valence-electron chi connectivity index (χ4n) is 2.90. The minimum absolute atomic E-state index is 0.132. The Labute approximate surface area is 136 Å². The van der Waals surface area contributed by atoms with Gasteiger partial charge < -0.3 is 14.8 Å². The van der Waals surface area contributed by atoms with E-state index in [0.717, 1.165) is 29.7 Å². The van der Waals surface area contributed by atoms with Crippen LogP contribution >= 0.6 is 0 Å². The van der Waals surface area contributed by atoms with Gasteiger partial charge in [0, 0.05) is 18.5 Å². The second-order valence-corrected chi connectivity index (χ2v) is 5.94. The quantitative estimate of drug-likeness (QED) is 0.686. The van der Waals surface area contributed by atoms with E-state index in [9.17, 15) is 5.11 Å². The van der Waals surface area contributed by atoms with Crippen molar-refractivity contribution in [1.29, 1.82) is 0 Å². The highest BCUT2D eigenvalue weighted by molar-refractivity contribution is 5.77. The van der Waals surface area contributed by atoms with Crippen LogP contribution in [0.3, 0.4) is 0 Å². The zero-order chi connectivity index (χ0) is 16.1. The number of benzene rings is 2. The number of aliphatic hydroxyl groups excluding tert-OH is 1. The van der Waals surface area contributed by atoms with Gasteiger partial charge in [-0.2, -0.15) is 0 Å². The lowest BCUT2D eigenvalue weighted by Gasteiger charge is -2.19. The van der Waals surface area contributed by atoms with Crippen LogP contribution in [0.2, 0.25) is 0 Å². The van der Waals surface area contributed by atoms with Crippen molar-refractivity contribution in [1.82, 2.24) is 5.32 Å². The van der Waals surface area contributed by atoms with Crippen molar-refractivity contribution in [3.8, 4) is 0 Å². The summed E-state index contributed by atoms with van der Waals surface area (Å²) in [5, 5.41) is 14.0. The van der Waals surface area contributed by atoms with Crippen LogP contribution in [0.5, 0.6) is 0 Å². The average Bonchev–Trinajstić information content (AvgIpc) is 3.03. The summed E-state index contributed by atoms with van der Waals surface area (Å²) in [6, 6.07) is 20.6. The van der Waals surface area contributed by atoms with Gasteiger partial charge in [0.1, 0.15) is 11.3 Å². The normalized spacial score (nSPS) is 14.0. The SMILES string of the molecule is CC(NCC(CCO)c1ccccc1)c1cc2ccccc2o1. The summed E-state index contributed by atoms with van der Waals surface area (Å²) in [4.78, 5) is 0. The smallest absolute Gasteiger partial charge is 0.134 e. The van der Waals surface area contributed by atoms with Crippen LogP contribution in [0.25, 0.3) is 11.0 Å². The molecule has 0 aliphatic rings. The molecule has 3 rings (SSSR count). The first-order valence-electron chi connectivity index (χ1n) is 8.15. The molecule has 0 fully saturated rings. The van der Waals surface area contributed by atoms with Gasteiger partial charge >= 0.3 is 0 Å². The highest BCUT2D eigenvalue weighted by Gasteiger charge is 2.15. The monoisotopic (exact) mass is 309 g/mol. The molecule has 1 heterocycles. The van der Waals surface area contributed by atoms with Crippen molar-refractivity contribution in [3.63, 3.8) is 0 Å². The Balaban J connectivity index is 1.67. The molecule has 0 bridgehead atoms. The van der Waals surface area contributed by atoms with Crippen molar-refractivity contribution in [3.05, 3.63) is 72.0 Å². The van der Waals surface area contributed by atoms with Crippen LogP contribution in [0.1, 0.15) is 36.6 Å². The molecule has 1 aromatic heterocycles. The summed E-state index contributed by atoms with van der Waals surface area (Å²) in [7, 11) is 0. The molecule has 0 saturated carbocycles. The second kappa shape index (κ2) is 7.44. The number of furan rings is 1. The molecule has 2 aromatic carbocycles. The zero-order valence-corrected chi connectivity index (χ0v) is 13.4. The van der Waals surface area contributed by atoms with Gasteiger partial charge in [-0.05, 0) is 37.0 Å². The van der Waals surface area contributed by atoms with E-state index in [4.69, 9.17) is 4.42 Å². The summed E-state index contributed by atoms with van der Waals surface area (Å²) in [6.07, 6.45) is 0.754. The van der Waals surface area contributed by atoms with E-state index in [-0.39, 0.29) is 12.6 Å². The minimum atomic E-state index is 0.132. The third-order valence-electron chi connectivity index (χ3n) is 4.29. The molecular formula is C20H23NO2. The maximum atomic E-state index is 9.33. The third kappa shape index (κ3) is 3.81. The van der Waals surface area contributed by atoms with Crippen molar-refractivity contribution in [2.45, 2.75) is 25.3 Å². The fraction of sp³-hybridized carbons (Fsp3) is 0.300. The Hall–Kier alpha value is -2.10. The number of para-hydroxylation sites is 1. The summed E-state index contributed by atoms with van der Waals surface area (Å²) in [6.45, 7) is 3.11. The van der Waals surface area contributed by atoms with Crippen molar-refractivity contribution < 1.29 is 9.52 Å².